The van der Waals surface area contributed by atoms with Crippen molar-refractivity contribution in [3.05, 3.63) is 23.8 Å². The third-order valence-corrected chi connectivity index (χ3v) is 4.05. The predicted molar refractivity (Wildman–Crippen MR) is 67.8 cm³/mol. The van der Waals surface area contributed by atoms with Gasteiger partial charge in [0.25, 0.3) is 10.0 Å². The Morgan fingerprint density at radius 1 is 1.35 bits per heavy atom. The third kappa shape index (κ3) is 2.54. The maximum atomic E-state index is 11.4. The summed E-state index contributed by atoms with van der Waals surface area (Å²) in [6.45, 7) is 4.27. The molecular formula is C12H17NO3S. The van der Waals surface area contributed by atoms with E-state index in [2.05, 4.69) is 18.6 Å². The quantitative estimate of drug-likeness (QED) is 0.903. The highest BCUT2D eigenvalue weighted by Gasteiger charge is 2.22. The zero-order valence-electron chi connectivity index (χ0n) is 10.1. The van der Waals surface area contributed by atoms with Crippen LogP contribution < -0.4 is 9.46 Å². The van der Waals surface area contributed by atoms with Gasteiger partial charge in [-0.2, -0.15) is 0 Å². The van der Waals surface area contributed by atoms with Crippen molar-refractivity contribution in [1.82, 2.24) is 0 Å². The van der Waals surface area contributed by atoms with Crippen LogP contribution in [0, 0.1) is 0 Å². The lowest BCUT2D eigenvalue weighted by atomic mass is 9.93. The van der Waals surface area contributed by atoms with Crippen LogP contribution in [0.3, 0.4) is 0 Å². The maximum Gasteiger partial charge on any atom is 0.268 e. The molecular weight excluding hydrogens is 238 g/mol. The van der Waals surface area contributed by atoms with Crippen LogP contribution >= 0.6 is 0 Å². The molecule has 1 heterocycles. The Kier molecular flexibility index (Phi) is 3.28. The Hall–Kier alpha value is -1.23. The molecule has 0 saturated heterocycles. The summed E-state index contributed by atoms with van der Waals surface area (Å²) in [5.41, 5.74) is 1.71. The highest BCUT2D eigenvalue weighted by molar-refractivity contribution is 7.92. The summed E-state index contributed by atoms with van der Waals surface area (Å²) in [6.07, 6.45) is 2.09. The summed E-state index contributed by atoms with van der Waals surface area (Å²) < 4.78 is 30.5. The van der Waals surface area contributed by atoms with Gasteiger partial charge >= 0.3 is 0 Å². The fraction of sp³-hybridized carbons (Fsp3) is 0.500. The van der Waals surface area contributed by atoms with E-state index in [9.17, 15) is 8.42 Å². The van der Waals surface area contributed by atoms with Gasteiger partial charge in [0.15, 0.2) is 0 Å². The molecule has 0 unspecified atom stereocenters. The van der Waals surface area contributed by atoms with E-state index in [0.29, 0.717) is 17.4 Å². The molecule has 0 saturated carbocycles. The second kappa shape index (κ2) is 4.56. The number of nitrogens with one attached hydrogen (secondary N) is 1. The predicted octanol–water partition coefficient (Wildman–Crippen LogP) is 2.68. The number of ether oxygens (including phenoxy) is 1. The first-order valence-electron chi connectivity index (χ1n) is 5.83. The summed E-state index contributed by atoms with van der Waals surface area (Å²) >= 11 is 0. The molecule has 0 bridgehead atoms. The average molecular weight is 255 g/mol. The van der Waals surface area contributed by atoms with Crippen molar-refractivity contribution in [2.75, 3.05) is 10.7 Å². The van der Waals surface area contributed by atoms with Crippen LogP contribution in [0.5, 0.6) is 5.75 Å². The lowest BCUT2D eigenvalue weighted by Crippen LogP contribution is -2.25. The second-order valence-electron chi connectivity index (χ2n) is 4.25. The third-order valence-electron chi connectivity index (χ3n) is 3.10. The minimum Gasteiger partial charge on any atom is -0.474 e. The lowest BCUT2D eigenvalue weighted by Gasteiger charge is -2.21. The van der Waals surface area contributed by atoms with Crippen LogP contribution in [0.2, 0.25) is 0 Å². The highest BCUT2D eigenvalue weighted by Crippen LogP contribution is 2.34. The monoisotopic (exact) mass is 255 g/mol. The van der Waals surface area contributed by atoms with Crippen LogP contribution in [-0.2, 0) is 10.0 Å². The molecule has 1 N–H and O–H groups in total. The Morgan fingerprint density at radius 3 is 2.71 bits per heavy atom. The fourth-order valence-corrected chi connectivity index (χ4v) is 2.94. The zero-order valence-corrected chi connectivity index (χ0v) is 10.9. The minimum atomic E-state index is -3.32. The minimum absolute atomic E-state index is 0.301. The largest absolute Gasteiger partial charge is 0.474 e. The van der Waals surface area contributed by atoms with E-state index in [1.165, 1.54) is 0 Å². The Bertz CT molecular complexity index is 506. The standard InChI is InChI=1S/C12H17NO3S/c1-3-9(4-2)10-5-6-12-11(7-10)13-17(14,15)8-16-12/h5-7,9,13H,3-4,8H2,1-2H3. The van der Waals surface area contributed by atoms with Crippen LogP contribution in [0.4, 0.5) is 5.69 Å². The molecule has 0 radical (unpaired) electrons. The van der Waals surface area contributed by atoms with Gasteiger partial charge in [0.2, 0.25) is 5.94 Å². The van der Waals surface area contributed by atoms with Gasteiger partial charge in [0, 0.05) is 0 Å². The Labute approximate surface area is 102 Å². The van der Waals surface area contributed by atoms with Gasteiger partial charge in [-0.25, -0.2) is 8.42 Å². The second-order valence-corrected chi connectivity index (χ2v) is 5.92. The number of fused-ring (bicyclic) bond motifs is 1. The molecule has 0 aromatic heterocycles. The molecule has 0 fully saturated rings. The van der Waals surface area contributed by atoms with Gasteiger partial charge in [-0.3, -0.25) is 4.72 Å². The highest BCUT2D eigenvalue weighted by atomic mass is 32.2. The van der Waals surface area contributed by atoms with E-state index < -0.39 is 10.0 Å². The van der Waals surface area contributed by atoms with E-state index in [4.69, 9.17) is 4.74 Å². The van der Waals surface area contributed by atoms with E-state index in [-0.39, 0.29) is 5.94 Å². The molecule has 0 atom stereocenters. The molecule has 1 aromatic carbocycles. The summed E-state index contributed by atoms with van der Waals surface area (Å²) in [5.74, 6) is 0.769. The average Bonchev–Trinajstić information content (AvgIpc) is 2.29. The Balaban J connectivity index is 2.36. The van der Waals surface area contributed by atoms with Gasteiger partial charge < -0.3 is 4.74 Å². The normalized spacial score (nSPS) is 17.1. The molecule has 5 heteroatoms. The molecule has 4 nitrogen and oxygen atoms in total. The van der Waals surface area contributed by atoms with E-state index in [0.717, 1.165) is 18.4 Å². The lowest BCUT2D eigenvalue weighted by molar-refractivity contribution is 0.374. The molecule has 2 rings (SSSR count). The van der Waals surface area contributed by atoms with Crippen molar-refractivity contribution in [2.24, 2.45) is 0 Å². The summed E-state index contributed by atoms with van der Waals surface area (Å²) in [6, 6.07) is 5.73. The first kappa shape index (κ1) is 12.2. The molecule has 0 amide bonds. The van der Waals surface area contributed by atoms with Crippen molar-refractivity contribution in [1.29, 1.82) is 0 Å². The smallest absolute Gasteiger partial charge is 0.268 e. The molecule has 0 spiro atoms. The van der Waals surface area contributed by atoms with Gasteiger partial charge in [-0.05, 0) is 36.5 Å². The number of sulfonamides is 1. The van der Waals surface area contributed by atoms with Crippen molar-refractivity contribution in [3.8, 4) is 5.75 Å². The summed E-state index contributed by atoms with van der Waals surface area (Å²) in [7, 11) is -3.32. The first-order chi connectivity index (χ1) is 8.05. The summed E-state index contributed by atoms with van der Waals surface area (Å²) in [5, 5.41) is 0. The van der Waals surface area contributed by atoms with E-state index in [1.54, 1.807) is 0 Å². The van der Waals surface area contributed by atoms with Crippen molar-refractivity contribution in [2.45, 2.75) is 32.6 Å². The SMILES string of the molecule is CCC(CC)c1ccc2c(c1)NS(=O)(=O)CO2. The van der Waals surface area contributed by atoms with Crippen LogP contribution in [0.25, 0.3) is 0 Å². The molecule has 94 valence electrons. The number of benzene rings is 1. The molecule has 1 aliphatic rings. The molecule has 1 aliphatic heterocycles. The number of anilines is 1. The number of hydrogen-bond acceptors (Lipinski definition) is 3. The van der Waals surface area contributed by atoms with Gasteiger partial charge in [0.05, 0.1) is 5.69 Å². The first-order valence-corrected chi connectivity index (χ1v) is 7.48. The summed E-state index contributed by atoms with van der Waals surface area (Å²) in [4.78, 5) is 0. The van der Waals surface area contributed by atoms with Gasteiger partial charge in [-0.1, -0.05) is 19.9 Å². The number of hydrogen-bond donors (Lipinski definition) is 1. The Morgan fingerprint density at radius 2 is 2.06 bits per heavy atom. The topological polar surface area (TPSA) is 55.4 Å². The van der Waals surface area contributed by atoms with Crippen LogP contribution in [0.15, 0.2) is 18.2 Å². The molecule has 17 heavy (non-hydrogen) atoms. The molecule has 0 aliphatic carbocycles. The fourth-order valence-electron chi connectivity index (χ4n) is 2.11. The van der Waals surface area contributed by atoms with Crippen molar-refractivity contribution < 1.29 is 13.2 Å². The van der Waals surface area contributed by atoms with Gasteiger partial charge in [-0.15, -0.1) is 0 Å². The van der Waals surface area contributed by atoms with Crippen molar-refractivity contribution in [3.63, 3.8) is 0 Å². The van der Waals surface area contributed by atoms with Gasteiger partial charge in [0.1, 0.15) is 5.75 Å². The van der Waals surface area contributed by atoms with E-state index >= 15 is 0 Å². The zero-order chi connectivity index (χ0) is 12.5. The number of rotatable bonds is 3. The van der Waals surface area contributed by atoms with Crippen LogP contribution in [0.1, 0.15) is 38.2 Å². The van der Waals surface area contributed by atoms with Crippen molar-refractivity contribution >= 4 is 15.7 Å². The van der Waals surface area contributed by atoms with Crippen LogP contribution in [-0.4, -0.2) is 14.4 Å². The molecule has 1 aromatic rings. The maximum absolute atomic E-state index is 11.4. The van der Waals surface area contributed by atoms with E-state index in [1.807, 2.05) is 18.2 Å².